The summed E-state index contributed by atoms with van der Waals surface area (Å²) in [6.45, 7) is 2.37. The molecule has 0 unspecified atom stereocenters. The molecule has 0 aliphatic heterocycles. The van der Waals surface area contributed by atoms with Crippen LogP contribution in [-0.4, -0.2) is 33.2 Å². The molecule has 1 N–H and O–H groups in total. The second-order valence-electron chi connectivity index (χ2n) is 7.79. The van der Waals surface area contributed by atoms with E-state index in [2.05, 4.69) is 11.4 Å². The average Bonchev–Trinajstić information content (AvgIpc) is 3.03. The Morgan fingerprint density at radius 3 is 2.37 bits per heavy atom. The standard InChI is InChI=1S/C22H28N4O4/c1-2-13-25-17-8-4-5-9-18(17)26(21(25)29)14-10-20(28)30-15-19(27)24-22(16-23)11-6-3-7-12-22/h4-5,8-9H,2-3,6-7,10-15H2,1H3,(H,24,27). The Labute approximate surface area is 175 Å². The number of carbonyl (C=O) groups is 2. The van der Waals surface area contributed by atoms with E-state index in [1.54, 1.807) is 9.13 Å². The number of nitrogens with zero attached hydrogens (tertiary/aromatic N) is 3. The van der Waals surface area contributed by atoms with Crippen molar-refractivity contribution in [2.75, 3.05) is 6.61 Å². The Morgan fingerprint density at radius 2 is 1.77 bits per heavy atom. The van der Waals surface area contributed by atoms with Crippen molar-refractivity contribution in [3.63, 3.8) is 0 Å². The van der Waals surface area contributed by atoms with Gasteiger partial charge in [0.05, 0.1) is 23.5 Å². The van der Waals surface area contributed by atoms with E-state index in [4.69, 9.17) is 4.74 Å². The maximum absolute atomic E-state index is 12.7. The van der Waals surface area contributed by atoms with Crippen molar-refractivity contribution in [2.45, 2.75) is 70.5 Å². The fraction of sp³-hybridized carbons (Fsp3) is 0.545. The quantitative estimate of drug-likeness (QED) is 0.671. The summed E-state index contributed by atoms with van der Waals surface area (Å²) in [5.74, 6) is -1.03. The Morgan fingerprint density at radius 1 is 1.13 bits per heavy atom. The van der Waals surface area contributed by atoms with Crippen LogP contribution in [0.15, 0.2) is 29.1 Å². The van der Waals surface area contributed by atoms with Crippen molar-refractivity contribution >= 4 is 22.9 Å². The number of amides is 1. The summed E-state index contributed by atoms with van der Waals surface area (Å²) >= 11 is 0. The van der Waals surface area contributed by atoms with Gasteiger partial charge in [0.2, 0.25) is 0 Å². The van der Waals surface area contributed by atoms with Gasteiger partial charge in [-0.1, -0.05) is 38.3 Å². The highest BCUT2D eigenvalue weighted by molar-refractivity contribution is 5.81. The minimum Gasteiger partial charge on any atom is -0.456 e. The maximum atomic E-state index is 12.7. The zero-order chi connectivity index (χ0) is 21.6. The van der Waals surface area contributed by atoms with Gasteiger partial charge in [-0.25, -0.2) is 4.79 Å². The van der Waals surface area contributed by atoms with Gasteiger partial charge >= 0.3 is 11.7 Å². The number of esters is 1. The zero-order valence-electron chi connectivity index (χ0n) is 17.4. The predicted molar refractivity (Wildman–Crippen MR) is 112 cm³/mol. The molecule has 1 fully saturated rings. The van der Waals surface area contributed by atoms with Crippen molar-refractivity contribution in [2.24, 2.45) is 0 Å². The molecule has 1 aromatic carbocycles. The molecule has 1 heterocycles. The highest BCUT2D eigenvalue weighted by Crippen LogP contribution is 2.27. The van der Waals surface area contributed by atoms with Gasteiger partial charge in [0, 0.05) is 13.1 Å². The summed E-state index contributed by atoms with van der Waals surface area (Å²) in [4.78, 5) is 37.0. The van der Waals surface area contributed by atoms with Crippen LogP contribution in [0.4, 0.5) is 0 Å². The van der Waals surface area contributed by atoms with Gasteiger partial charge in [-0.15, -0.1) is 0 Å². The van der Waals surface area contributed by atoms with E-state index >= 15 is 0 Å². The molecule has 3 rings (SSSR count). The predicted octanol–water partition coefficient (Wildman–Crippen LogP) is 2.49. The van der Waals surface area contributed by atoms with Crippen LogP contribution in [0.1, 0.15) is 51.9 Å². The van der Waals surface area contributed by atoms with Gasteiger partial charge in [-0.2, -0.15) is 5.26 Å². The molecule has 1 aliphatic rings. The van der Waals surface area contributed by atoms with E-state index in [9.17, 15) is 19.6 Å². The second kappa shape index (κ2) is 9.61. The van der Waals surface area contributed by atoms with Gasteiger partial charge < -0.3 is 10.1 Å². The average molecular weight is 412 g/mol. The summed E-state index contributed by atoms with van der Waals surface area (Å²) in [6, 6.07) is 9.69. The highest BCUT2D eigenvalue weighted by atomic mass is 16.5. The molecule has 1 saturated carbocycles. The van der Waals surface area contributed by atoms with Gasteiger partial charge in [0.25, 0.3) is 5.91 Å². The molecule has 0 radical (unpaired) electrons. The Balaban J connectivity index is 1.56. The van der Waals surface area contributed by atoms with E-state index in [0.717, 1.165) is 36.7 Å². The third-order valence-corrected chi connectivity index (χ3v) is 5.58. The summed E-state index contributed by atoms with van der Waals surface area (Å²) < 4.78 is 8.36. The first-order valence-corrected chi connectivity index (χ1v) is 10.6. The van der Waals surface area contributed by atoms with Crippen LogP contribution in [0.3, 0.4) is 0 Å². The van der Waals surface area contributed by atoms with Gasteiger partial charge in [0.1, 0.15) is 5.54 Å². The number of benzene rings is 1. The van der Waals surface area contributed by atoms with Gasteiger partial charge in [-0.3, -0.25) is 18.7 Å². The summed E-state index contributed by atoms with van der Waals surface area (Å²) in [5.41, 5.74) is 0.605. The lowest BCUT2D eigenvalue weighted by Gasteiger charge is -2.31. The molecule has 0 bridgehead atoms. The molecule has 0 atom stereocenters. The Bertz CT molecular complexity index is 1010. The minimum atomic E-state index is -0.851. The molecule has 30 heavy (non-hydrogen) atoms. The Kier molecular flexibility index (Phi) is 6.93. The number of nitrogens with one attached hydrogen (secondary N) is 1. The van der Waals surface area contributed by atoms with Crippen LogP contribution in [0.5, 0.6) is 0 Å². The van der Waals surface area contributed by atoms with Crippen LogP contribution in [-0.2, 0) is 27.4 Å². The molecule has 8 heteroatoms. The molecule has 2 aromatic rings. The van der Waals surface area contributed by atoms with Crippen LogP contribution < -0.4 is 11.0 Å². The zero-order valence-corrected chi connectivity index (χ0v) is 17.4. The topological polar surface area (TPSA) is 106 Å². The first-order valence-electron chi connectivity index (χ1n) is 10.6. The molecular formula is C22H28N4O4. The SMILES string of the molecule is CCCn1c(=O)n(CCC(=O)OCC(=O)NC2(C#N)CCCCC2)c2ccccc21. The molecule has 0 spiro atoms. The lowest BCUT2D eigenvalue weighted by atomic mass is 9.83. The van der Waals surface area contributed by atoms with Gasteiger partial charge in [0.15, 0.2) is 6.61 Å². The molecule has 8 nitrogen and oxygen atoms in total. The number of carbonyl (C=O) groups excluding carboxylic acids is 2. The fourth-order valence-corrected chi connectivity index (χ4v) is 4.07. The van der Waals surface area contributed by atoms with E-state index in [1.165, 1.54) is 0 Å². The summed E-state index contributed by atoms with van der Waals surface area (Å²) in [5, 5.41) is 12.2. The first kappa shape index (κ1) is 21.6. The van der Waals surface area contributed by atoms with Gasteiger partial charge in [-0.05, 0) is 31.4 Å². The Hall–Kier alpha value is -3.08. The van der Waals surface area contributed by atoms with E-state index in [-0.39, 0.29) is 18.7 Å². The lowest BCUT2D eigenvalue weighted by Crippen LogP contribution is -2.50. The largest absolute Gasteiger partial charge is 0.456 e. The molecule has 1 aliphatic carbocycles. The number of para-hydroxylation sites is 2. The summed E-state index contributed by atoms with van der Waals surface area (Å²) in [6.07, 6.45) is 4.90. The number of aromatic nitrogens is 2. The van der Waals surface area contributed by atoms with Crippen molar-refractivity contribution < 1.29 is 14.3 Å². The summed E-state index contributed by atoms with van der Waals surface area (Å²) in [7, 11) is 0. The van der Waals surface area contributed by atoms with Crippen LogP contribution >= 0.6 is 0 Å². The van der Waals surface area contributed by atoms with E-state index < -0.39 is 24.0 Å². The molecule has 1 aromatic heterocycles. The smallest absolute Gasteiger partial charge is 0.329 e. The number of rotatable bonds is 8. The number of aryl methyl sites for hydroxylation is 2. The minimum absolute atomic E-state index is 0.0172. The van der Waals surface area contributed by atoms with Crippen LogP contribution in [0.25, 0.3) is 11.0 Å². The maximum Gasteiger partial charge on any atom is 0.329 e. The lowest BCUT2D eigenvalue weighted by molar-refractivity contribution is -0.149. The molecular weight excluding hydrogens is 384 g/mol. The normalized spacial score (nSPS) is 15.5. The molecule has 0 saturated heterocycles. The first-order chi connectivity index (χ1) is 14.5. The van der Waals surface area contributed by atoms with Crippen LogP contribution in [0.2, 0.25) is 0 Å². The number of hydrogen-bond acceptors (Lipinski definition) is 5. The van der Waals surface area contributed by atoms with Crippen molar-refractivity contribution in [3.05, 3.63) is 34.7 Å². The number of nitriles is 1. The second-order valence-corrected chi connectivity index (χ2v) is 7.79. The number of ether oxygens (including phenoxy) is 1. The molecule has 160 valence electrons. The van der Waals surface area contributed by atoms with Crippen molar-refractivity contribution in [3.8, 4) is 6.07 Å². The van der Waals surface area contributed by atoms with Crippen molar-refractivity contribution in [1.29, 1.82) is 5.26 Å². The van der Waals surface area contributed by atoms with Crippen LogP contribution in [0, 0.1) is 11.3 Å². The number of fused-ring (bicyclic) bond motifs is 1. The third-order valence-electron chi connectivity index (χ3n) is 5.58. The third kappa shape index (κ3) is 4.73. The van der Waals surface area contributed by atoms with E-state index in [1.807, 2.05) is 31.2 Å². The monoisotopic (exact) mass is 412 g/mol. The fourth-order valence-electron chi connectivity index (χ4n) is 4.07. The number of hydrogen-bond donors (Lipinski definition) is 1. The van der Waals surface area contributed by atoms with E-state index in [0.29, 0.717) is 19.4 Å². The number of imidazole rings is 1. The molecule has 1 amide bonds. The van der Waals surface area contributed by atoms with Crippen molar-refractivity contribution in [1.82, 2.24) is 14.5 Å². The highest BCUT2D eigenvalue weighted by Gasteiger charge is 2.33.